The van der Waals surface area contributed by atoms with E-state index >= 15 is 0 Å². The van der Waals surface area contributed by atoms with E-state index in [1.807, 2.05) is 60.7 Å². The number of ether oxygens (including phenoxy) is 2. The average Bonchev–Trinajstić information content (AvgIpc) is 2.73. The van der Waals surface area contributed by atoms with E-state index in [2.05, 4.69) is 10.6 Å². The fraction of sp³-hybridized carbons (Fsp3) is 0.364. The zero-order chi connectivity index (χ0) is 19.7. The minimum absolute atomic E-state index is 0.182. The third-order valence-corrected chi connectivity index (χ3v) is 4.82. The highest BCUT2D eigenvalue weighted by Crippen LogP contribution is 2.26. The minimum atomic E-state index is -0.834. The summed E-state index contributed by atoms with van der Waals surface area (Å²) in [6, 6.07) is 19.0. The SMILES string of the molecule is O=C(NC1(NC(=O)OCc2ccccc2)CCCCC1)OCc1ccccc1. The highest BCUT2D eigenvalue weighted by Gasteiger charge is 2.36. The molecule has 3 rings (SSSR count). The molecule has 2 aromatic carbocycles. The van der Waals surface area contributed by atoms with E-state index in [9.17, 15) is 9.59 Å². The Labute approximate surface area is 165 Å². The van der Waals surface area contributed by atoms with Gasteiger partial charge in [0.1, 0.15) is 18.9 Å². The zero-order valence-corrected chi connectivity index (χ0v) is 15.9. The zero-order valence-electron chi connectivity index (χ0n) is 15.9. The van der Waals surface area contributed by atoms with Crippen LogP contribution >= 0.6 is 0 Å². The molecule has 148 valence electrons. The Bertz CT molecular complexity index is 699. The largest absolute Gasteiger partial charge is 0.445 e. The predicted octanol–water partition coefficient (Wildman–Crippen LogP) is 4.50. The van der Waals surface area contributed by atoms with Crippen molar-refractivity contribution >= 4 is 12.2 Å². The average molecular weight is 382 g/mol. The van der Waals surface area contributed by atoms with E-state index in [0.717, 1.165) is 30.4 Å². The van der Waals surface area contributed by atoms with E-state index in [0.29, 0.717) is 12.8 Å². The van der Waals surface area contributed by atoms with Gasteiger partial charge in [0.15, 0.2) is 0 Å². The van der Waals surface area contributed by atoms with Gasteiger partial charge >= 0.3 is 12.2 Å². The summed E-state index contributed by atoms with van der Waals surface area (Å²) in [5.41, 5.74) is 0.982. The van der Waals surface area contributed by atoms with Gasteiger partial charge in [-0.25, -0.2) is 9.59 Å². The fourth-order valence-electron chi connectivity index (χ4n) is 3.35. The molecule has 0 heterocycles. The second-order valence-electron chi connectivity index (χ2n) is 7.02. The smallest absolute Gasteiger partial charge is 0.409 e. The molecule has 6 nitrogen and oxygen atoms in total. The molecule has 1 saturated carbocycles. The van der Waals surface area contributed by atoms with Crippen LogP contribution in [0.3, 0.4) is 0 Å². The summed E-state index contributed by atoms with van der Waals surface area (Å²) in [5, 5.41) is 5.72. The lowest BCUT2D eigenvalue weighted by Gasteiger charge is -2.37. The third kappa shape index (κ3) is 6.01. The number of benzene rings is 2. The van der Waals surface area contributed by atoms with Crippen molar-refractivity contribution in [1.82, 2.24) is 10.6 Å². The first kappa shape index (κ1) is 19.7. The lowest BCUT2D eigenvalue weighted by atomic mass is 9.89. The van der Waals surface area contributed by atoms with Gasteiger partial charge in [-0.05, 0) is 36.8 Å². The molecule has 2 amide bonds. The molecule has 0 saturated heterocycles. The Morgan fingerprint density at radius 2 is 1.14 bits per heavy atom. The molecule has 0 unspecified atom stereocenters. The number of amides is 2. The van der Waals surface area contributed by atoms with E-state index < -0.39 is 17.8 Å². The van der Waals surface area contributed by atoms with Crippen LogP contribution < -0.4 is 10.6 Å². The molecule has 0 spiro atoms. The maximum Gasteiger partial charge on any atom is 0.409 e. The first-order chi connectivity index (χ1) is 13.7. The Balaban J connectivity index is 1.53. The van der Waals surface area contributed by atoms with Crippen molar-refractivity contribution in [3.8, 4) is 0 Å². The van der Waals surface area contributed by atoms with E-state index in [-0.39, 0.29) is 13.2 Å². The molecule has 1 fully saturated rings. The van der Waals surface area contributed by atoms with Crippen LogP contribution in [-0.4, -0.2) is 17.8 Å². The maximum absolute atomic E-state index is 12.3. The number of alkyl carbamates (subject to hydrolysis) is 2. The summed E-state index contributed by atoms with van der Waals surface area (Å²) in [5.74, 6) is 0. The van der Waals surface area contributed by atoms with Gasteiger partial charge in [0.25, 0.3) is 0 Å². The van der Waals surface area contributed by atoms with Crippen molar-refractivity contribution in [1.29, 1.82) is 0 Å². The minimum Gasteiger partial charge on any atom is -0.445 e. The first-order valence-electron chi connectivity index (χ1n) is 9.63. The molecule has 0 radical (unpaired) electrons. The molecule has 0 atom stereocenters. The number of carbonyl (C=O) groups excluding carboxylic acids is 2. The molecule has 2 N–H and O–H groups in total. The molecule has 1 aliphatic carbocycles. The Kier molecular flexibility index (Phi) is 6.89. The second-order valence-corrected chi connectivity index (χ2v) is 7.02. The van der Waals surface area contributed by atoms with Crippen LogP contribution in [-0.2, 0) is 22.7 Å². The number of hydrogen-bond acceptors (Lipinski definition) is 4. The van der Waals surface area contributed by atoms with Crippen LogP contribution in [0.5, 0.6) is 0 Å². The monoisotopic (exact) mass is 382 g/mol. The number of rotatable bonds is 6. The van der Waals surface area contributed by atoms with E-state index in [1.54, 1.807) is 0 Å². The van der Waals surface area contributed by atoms with Gasteiger partial charge in [0.2, 0.25) is 0 Å². The highest BCUT2D eigenvalue weighted by molar-refractivity contribution is 5.72. The van der Waals surface area contributed by atoms with Crippen LogP contribution in [0.15, 0.2) is 60.7 Å². The molecule has 2 aromatic rings. The van der Waals surface area contributed by atoms with Crippen molar-refractivity contribution in [3.05, 3.63) is 71.8 Å². The molecule has 0 aromatic heterocycles. The summed E-state index contributed by atoms with van der Waals surface area (Å²) in [7, 11) is 0. The summed E-state index contributed by atoms with van der Waals surface area (Å²) < 4.78 is 10.6. The number of hydrogen-bond donors (Lipinski definition) is 2. The normalized spacial score (nSPS) is 15.3. The predicted molar refractivity (Wildman–Crippen MR) is 105 cm³/mol. The fourth-order valence-corrected chi connectivity index (χ4v) is 3.35. The molecular weight excluding hydrogens is 356 g/mol. The summed E-state index contributed by atoms with van der Waals surface area (Å²) >= 11 is 0. The van der Waals surface area contributed by atoms with Crippen molar-refractivity contribution in [3.63, 3.8) is 0 Å². The van der Waals surface area contributed by atoms with Crippen LogP contribution in [0.2, 0.25) is 0 Å². The third-order valence-electron chi connectivity index (χ3n) is 4.82. The molecular formula is C22H26N2O4. The maximum atomic E-state index is 12.3. The topological polar surface area (TPSA) is 76.7 Å². The molecule has 0 bridgehead atoms. The van der Waals surface area contributed by atoms with Crippen molar-refractivity contribution in [2.75, 3.05) is 0 Å². The van der Waals surface area contributed by atoms with Gasteiger partial charge in [-0.1, -0.05) is 67.1 Å². The Morgan fingerprint density at radius 3 is 1.57 bits per heavy atom. The number of carbonyl (C=O) groups is 2. The van der Waals surface area contributed by atoms with Crippen molar-refractivity contribution < 1.29 is 19.1 Å². The molecule has 28 heavy (non-hydrogen) atoms. The van der Waals surface area contributed by atoms with Gasteiger partial charge < -0.3 is 9.47 Å². The van der Waals surface area contributed by atoms with E-state index in [4.69, 9.17) is 9.47 Å². The Morgan fingerprint density at radius 1 is 0.714 bits per heavy atom. The lowest BCUT2D eigenvalue weighted by Crippen LogP contribution is -2.61. The molecule has 0 aliphatic heterocycles. The number of nitrogens with one attached hydrogen (secondary N) is 2. The van der Waals surface area contributed by atoms with E-state index in [1.165, 1.54) is 0 Å². The highest BCUT2D eigenvalue weighted by atomic mass is 16.6. The van der Waals surface area contributed by atoms with Gasteiger partial charge in [-0.15, -0.1) is 0 Å². The quantitative estimate of drug-likeness (QED) is 0.721. The standard InChI is InChI=1S/C22H26N2O4/c25-20(27-16-18-10-4-1-5-11-18)23-22(14-8-3-9-15-22)24-21(26)28-17-19-12-6-2-7-13-19/h1-2,4-7,10-13H,3,8-9,14-17H2,(H,23,25)(H,24,26). The van der Waals surface area contributed by atoms with Crippen LogP contribution in [0.25, 0.3) is 0 Å². The van der Waals surface area contributed by atoms with Crippen molar-refractivity contribution in [2.45, 2.75) is 51.0 Å². The van der Waals surface area contributed by atoms with Gasteiger partial charge in [-0.2, -0.15) is 0 Å². The lowest BCUT2D eigenvalue weighted by molar-refractivity contribution is 0.0909. The van der Waals surface area contributed by atoms with Gasteiger partial charge in [0.05, 0.1) is 0 Å². The van der Waals surface area contributed by atoms with Crippen LogP contribution in [0.1, 0.15) is 43.2 Å². The molecule has 6 heteroatoms. The van der Waals surface area contributed by atoms with Crippen LogP contribution in [0, 0.1) is 0 Å². The summed E-state index contributed by atoms with van der Waals surface area (Å²) in [6.07, 6.45) is 3.10. The summed E-state index contributed by atoms with van der Waals surface area (Å²) in [4.78, 5) is 24.7. The Hall–Kier alpha value is -3.02. The first-order valence-corrected chi connectivity index (χ1v) is 9.63. The van der Waals surface area contributed by atoms with Gasteiger partial charge in [0, 0.05) is 0 Å². The molecule has 1 aliphatic rings. The van der Waals surface area contributed by atoms with Crippen LogP contribution in [0.4, 0.5) is 9.59 Å². The van der Waals surface area contributed by atoms with Crippen molar-refractivity contribution in [2.24, 2.45) is 0 Å². The second kappa shape index (κ2) is 9.78. The van der Waals surface area contributed by atoms with Gasteiger partial charge in [-0.3, -0.25) is 10.6 Å². The summed E-state index contributed by atoms with van der Waals surface area (Å²) in [6.45, 7) is 0.364.